The summed E-state index contributed by atoms with van der Waals surface area (Å²) in [6.45, 7) is 6.52. The molecule has 0 radical (unpaired) electrons. The predicted octanol–water partition coefficient (Wildman–Crippen LogP) is 5.43. The van der Waals surface area contributed by atoms with Crippen molar-refractivity contribution in [2.75, 3.05) is 0 Å². The number of ketones is 1. The lowest BCUT2D eigenvalue weighted by molar-refractivity contribution is 0.0911. The van der Waals surface area contributed by atoms with Gasteiger partial charge in [-0.1, -0.05) is 61.9 Å². The van der Waals surface area contributed by atoms with E-state index in [1.54, 1.807) is 0 Å². The zero-order valence-electron chi connectivity index (χ0n) is 15.5. The summed E-state index contributed by atoms with van der Waals surface area (Å²) in [5.74, 6) is 0.492. The first-order valence-corrected chi connectivity index (χ1v) is 9.38. The van der Waals surface area contributed by atoms with E-state index in [0.29, 0.717) is 12.2 Å². The lowest BCUT2D eigenvalue weighted by atomic mass is 9.76. The molecule has 1 aromatic heterocycles. The molecular formula is C24H23NO. The fourth-order valence-electron chi connectivity index (χ4n) is 4.73. The van der Waals surface area contributed by atoms with Crippen molar-refractivity contribution in [2.24, 2.45) is 5.41 Å². The summed E-state index contributed by atoms with van der Waals surface area (Å²) >= 11 is 0. The second kappa shape index (κ2) is 5.20. The Hall–Kier alpha value is -2.61. The molecule has 1 aliphatic carbocycles. The topological polar surface area (TPSA) is 22.0 Å². The molecule has 2 nitrogen and oxygen atoms in total. The van der Waals surface area contributed by atoms with Gasteiger partial charge >= 0.3 is 0 Å². The van der Waals surface area contributed by atoms with Gasteiger partial charge in [0.25, 0.3) is 0 Å². The molecule has 2 heterocycles. The molecular weight excluding hydrogens is 318 g/mol. The van der Waals surface area contributed by atoms with Crippen molar-refractivity contribution in [3.63, 3.8) is 0 Å². The van der Waals surface area contributed by atoms with E-state index in [-0.39, 0.29) is 11.3 Å². The van der Waals surface area contributed by atoms with Crippen LogP contribution in [0.1, 0.15) is 64.6 Å². The summed E-state index contributed by atoms with van der Waals surface area (Å²) < 4.78 is 2.37. The molecule has 3 aromatic rings. The Kier molecular flexibility index (Phi) is 3.13. The molecule has 0 fully saturated rings. The number of rotatable bonds is 1. The third-order valence-electron chi connectivity index (χ3n) is 5.91. The Morgan fingerprint density at radius 2 is 1.73 bits per heavy atom. The highest BCUT2D eigenvalue weighted by Crippen LogP contribution is 2.47. The first-order chi connectivity index (χ1) is 12.4. The standard InChI is InChI=1S/C24H23NO/c1-15-8-10-16(11-9-15)23-17-6-4-5-7-19(17)25-20(23)12-18-21(25)13-24(2,3)14-22(18)26/h4-12,23H,13-14H2,1-3H3. The molecule has 0 spiro atoms. The summed E-state index contributed by atoms with van der Waals surface area (Å²) in [5.41, 5.74) is 8.54. The molecule has 0 saturated heterocycles. The van der Waals surface area contributed by atoms with Gasteiger partial charge in [-0.3, -0.25) is 4.79 Å². The van der Waals surface area contributed by atoms with Gasteiger partial charge in [0, 0.05) is 29.1 Å². The van der Waals surface area contributed by atoms with Crippen molar-refractivity contribution in [2.45, 2.75) is 39.5 Å². The summed E-state index contributed by atoms with van der Waals surface area (Å²) in [6, 6.07) is 19.6. The summed E-state index contributed by atoms with van der Waals surface area (Å²) in [6.07, 6.45) is 1.59. The van der Waals surface area contributed by atoms with Crippen LogP contribution in [0, 0.1) is 12.3 Å². The van der Waals surface area contributed by atoms with Crippen LogP contribution in [0.5, 0.6) is 0 Å². The number of benzene rings is 2. The van der Waals surface area contributed by atoms with E-state index >= 15 is 0 Å². The molecule has 2 aromatic carbocycles. The Morgan fingerprint density at radius 1 is 1.00 bits per heavy atom. The Labute approximate surface area is 154 Å². The lowest BCUT2D eigenvalue weighted by Gasteiger charge is -2.29. The third kappa shape index (κ3) is 2.14. The number of aromatic nitrogens is 1. The molecule has 0 saturated carbocycles. The Balaban J connectivity index is 1.77. The van der Waals surface area contributed by atoms with Gasteiger partial charge in [-0.05, 0) is 42.0 Å². The van der Waals surface area contributed by atoms with Crippen LogP contribution in [-0.2, 0) is 6.42 Å². The van der Waals surface area contributed by atoms with Gasteiger partial charge in [-0.25, -0.2) is 0 Å². The fraction of sp³-hybridized carbons (Fsp3) is 0.292. The zero-order chi connectivity index (χ0) is 18.1. The van der Waals surface area contributed by atoms with Crippen LogP contribution >= 0.6 is 0 Å². The molecule has 5 rings (SSSR count). The monoisotopic (exact) mass is 341 g/mol. The van der Waals surface area contributed by atoms with Crippen LogP contribution in [0.4, 0.5) is 0 Å². The summed E-state index contributed by atoms with van der Waals surface area (Å²) in [4.78, 5) is 12.8. The largest absolute Gasteiger partial charge is 0.316 e. The second-order valence-electron chi connectivity index (χ2n) is 8.61. The number of nitrogens with zero attached hydrogens (tertiary/aromatic N) is 1. The van der Waals surface area contributed by atoms with E-state index in [0.717, 1.165) is 12.0 Å². The van der Waals surface area contributed by atoms with Crippen molar-refractivity contribution in [3.05, 3.63) is 88.2 Å². The minimum Gasteiger partial charge on any atom is -0.316 e. The zero-order valence-corrected chi connectivity index (χ0v) is 15.5. The fourth-order valence-corrected chi connectivity index (χ4v) is 4.73. The van der Waals surface area contributed by atoms with Gasteiger partial charge in [-0.2, -0.15) is 0 Å². The normalized spacial score (nSPS) is 19.8. The number of hydrogen-bond acceptors (Lipinski definition) is 1. The van der Waals surface area contributed by atoms with Crippen LogP contribution in [0.25, 0.3) is 5.69 Å². The molecule has 0 bridgehead atoms. The molecule has 0 amide bonds. The highest BCUT2D eigenvalue weighted by Gasteiger charge is 2.39. The number of aryl methyl sites for hydroxylation is 1. The van der Waals surface area contributed by atoms with E-state index in [1.807, 2.05) is 0 Å². The smallest absolute Gasteiger partial charge is 0.165 e. The number of carbonyl (C=O) groups excluding carboxylic acids is 1. The molecule has 1 aliphatic heterocycles. The Morgan fingerprint density at radius 3 is 2.50 bits per heavy atom. The first-order valence-electron chi connectivity index (χ1n) is 9.38. The van der Waals surface area contributed by atoms with E-state index < -0.39 is 0 Å². The van der Waals surface area contributed by atoms with Crippen LogP contribution < -0.4 is 0 Å². The van der Waals surface area contributed by atoms with Crippen molar-refractivity contribution in [1.82, 2.24) is 4.57 Å². The molecule has 130 valence electrons. The number of hydrogen-bond donors (Lipinski definition) is 0. The number of fused-ring (bicyclic) bond motifs is 5. The maximum atomic E-state index is 12.8. The van der Waals surface area contributed by atoms with Gasteiger partial charge < -0.3 is 4.57 Å². The van der Waals surface area contributed by atoms with Crippen molar-refractivity contribution >= 4 is 5.78 Å². The van der Waals surface area contributed by atoms with Gasteiger partial charge in [0.15, 0.2) is 5.78 Å². The van der Waals surface area contributed by atoms with Crippen LogP contribution in [0.2, 0.25) is 0 Å². The lowest BCUT2D eigenvalue weighted by Crippen LogP contribution is -2.27. The average molecular weight is 341 g/mol. The summed E-state index contributed by atoms with van der Waals surface area (Å²) in [7, 11) is 0. The SMILES string of the molecule is Cc1ccc(C2c3ccccc3-n3c2cc2c3CC(C)(C)CC2=O)cc1. The predicted molar refractivity (Wildman–Crippen MR) is 104 cm³/mol. The van der Waals surface area contributed by atoms with Gasteiger partial charge in [0.05, 0.1) is 5.92 Å². The van der Waals surface area contributed by atoms with E-state index in [1.165, 1.54) is 33.8 Å². The molecule has 1 atom stereocenters. The number of Topliss-reactive ketones (excluding diaryl/α,β-unsaturated/α-hetero) is 1. The minimum atomic E-state index is 0.0239. The number of para-hydroxylation sites is 1. The maximum Gasteiger partial charge on any atom is 0.165 e. The highest BCUT2D eigenvalue weighted by molar-refractivity contribution is 5.99. The average Bonchev–Trinajstić information content (AvgIpc) is 3.10. The quantitative estimate of drug-likeness (QED) is 0.452. The number of carbonyl (C=O) groups is 1. The summed E-state index contributed by atoms with van der Waals surface area (Å²) in [5, 5.41) is 0. The molecule has 1 unspecified atom stereocenters. The van der Waals surface area contributed by atoms with Crippen molar-refractivity contribution < 1.29 is 4.79 Å². The molecule has 26 heavy (non-hydrogen) atoms. The third-order valence-corrected chi connectivity index (χ3v) is 5.91. The van der Waals surface area contributed by atoms with Crippen LogP contribution in [0.3, 0.4) is 0 Å². The van der Waals surface area contributed by atoms with E-state index in [2.05, 4.69) is 79.9 Å². The van der Waals surface area contributed by atoms with E-state index in [9.17, 15) is 4.79 Å². The first kappa shape index (κ1) is 15.6. The van der Waals surface area contributed by atoms with Crippen LogP contribution in [-0.4, -0.2) is 10.4 Å². The Bertz CT molecular complexity index is 1040. The molecule has 2 heteroatoms. The van der Waals surface area contributed by atoms with Gasteiger partial charge in [0.2, 0.25) is 0 Å². The maximum absolute atomic E-state index is 12.8. The second-order valence-corrected chi connectivity index (χ2v) is 8.61. The highest BCUT2D eigenvalue weighted by atomic mass is 16.1. The van der Waals surface area contributed by atoms with Gasteiger partial charge in [-0.15, -0.1) is 0 Å². The molecule has 0 N–H and O–H groups in total. The van der Waals surface area contributed by atoms with Crippen LogP contribution in [0.15, 0.2) is 54.6 Å². The van der Waals surface area contributed by atoms with Crippen molar-refractivity contribution in [1.29, 1.82) is 0 Å². The van der Waals surface area contributed by atoms with Gasteiger partial charge in [0.1, 0.15) is 0 Å². The van der Waals surface area contributed by atoms with E-state index in [4.69, 9.17) is 0 Å². The minimum absolute atomic E-state index is 0.0239. The van der Waals surface area contributed by atoms with Crippen molar-refractivity contribution in [3.8, 4) is 5.69 Å². The molecule has 2 aliphatic rings.